The lowest BCUT2D eigenvalue weighted by molar-refractivity contribution is -0.126. The highest BCUT2D eigenvalue weighted by Crippen LogP contribution is 2.37. The number of ether oxygens (including phenoxy) is 1. The summed E-state index contributed by atoms with van der Waals surface area (Å²) in [5.74, 6) is 0.682. The molecule has 0 spiro atoms. The van der Waals surface area contributed by atoms with Gasteiger partial charge in [-0.25, -0.2) is 0 Å². The molecular formula is C20H24N2O2. The first-order chi connectivity index (χ1) is 11.4. The zero-order valence-electron chi connectivity index (χ0n) is 14.7. The quantitative estimate of drug-likeness (QED) is 0.877. The SMILES string of the molecule is Cc1cccc(CC2Oc3cc(N)ccc3N(C(C)C)C2=O)c1C. The Kier molecular flexibility index (Phi) is 4.22. The molecule has 126 valence electrons. The fourth-order valence-electron chi connectivity index (χ4n) is 3.20. The number of nitrogens with zero attached hydrogens (tertiary/aromatic N) is 1. The van der Waals surface area contributed by atoms with Crippen LogP contribution < -0.4 is 15.4 Å². The Hall–Kier alpha value is -2.49. The monoisotopic (exact) mass is 324 g/mol. The van der Waals surface area contributed by atoms with Gasteiger partial charge in [0.05, 0.1) is 5.69 Å². The molecule has 2 aromatic rings. The molecule has 24 heavy (non-hydrogen) atoms. The van der Waals surface area contributed by atoms with Gasteiger partial charge in [-0.3, -0.25) is 4.79 Å². The number of hydrogen-bond donors (Lipinski definition) is 1. The van der Waals surface area contributed by atoms with E-state index in [2.05, 4.69) is 26.0 Å². The molecule has 0 radical (unpaired) electrons. The average Bonchev–Trinajstić information content (AvgIpc) is 2.52. The molecular weight excluding hydrogens is 300 g/mol. The van der Waals surface area contributed by atoms with E-state index in [1.807, 2.05) is 30.9 Å². The van der Waals surface area contributed by atoms with Gasteiger partial charge in [-0.1, -0.05) is 18.2 Å². The van der Waals surface area contributed by atoms with Crippen molar-refractivity contribution in [2.75, 3.05) is 10.6 Å². The molecule has 1 atom stereocenters. The van der Waals surface area contributed by atoms with Crippen molar-refractivity contribution in [3.05, 3.63) is 53.1 Å². The largest absolute Gasteiger partial charge is 0.478 e. The summed E-state index contributed by atoms with van der Waals surface area (Å²) in [6, 6.07) is 11.7. The van der Waals surface area contributed by atoms with Crippen molar-refractivity contribution in [2.24, 2.45) is 0 Å². The van der Waals surface area contributed by atoms with Crippen LogP contribution in [0.15, 0.2) is 36.4 Å². The van der Waals surface area contributed by atoms with Gasteiger partial charge in [0.25, 0.3) is 5.91 Å². The number of carbonyl (C=O) groups excluding carboxylic acids is 1. The van der Waals surface area contributed by atoms with Crippen molar-refractivity contribution < 1.29 is 9.53 Å². The maximum absolute atomic E-state index is 13.0. The highest BCUT2D eigenvalue weighted by atomic mass is 16.5. The smallest absolute Gasteiger partial charge is 0.268 e. The number of benzene rings is 2. The summed E-state index contributed by atoms with van der Waals surface area (Å²) in [6.45, 7) is 8.19. The van der Waals surface area contributed by atoms with Crippen LogP contribution in [-0.4, -0.2) is 18.1 Å². The minimum absolute atomic E-state index is 0.00294. The first-order valence-corrected chi connectivity index (χ1v) is 8.33. The minimum atomic E-state index is -0.526. The van der Waals surface area contributed by atoms with Gasteiger partial charge in [0.2, 0.25) is 0 Å². The number of amides is 1. The van der Waals surface area contributed by atoms with E-state index < -0.39 is 6.10 Å². The summed E-state index contributed by atoms with van der Waals surface area (Å²) >= 11 is 0. The van der Waals surface area contributed by atoms with Crippen LogP contribution in [0.1, 0.15) is 30.5 Å². The second-order valence-corrected chi connectivity index (χ2v) is 6.70. The Morgan fingerprint density at radius 3 is 2.67 bits per heavy atom. The number of rotatable bonds is 3. The summed E-state index contributed by atoms with van der Waals surface area (Å²) in [6.07, 6.45) is 0.0336. The van der Waals surface area contributed by atoms with Gasteiger partial charge in [0.1, 0.15) is 5.75 Å². The van der Waals surface area contributed by atoms with E-state index in [-0.39, 0.29) is 11.9 Å². The zero-order valence-corrected chi connectivity index (χ0v) is 14.7. The first kappa shape index (κ1) is 16.4. The van der Waals surface area contributed by atoms with Crippen LogP contribution in [0.4, 0.5) is 11.4 Å². The van der Waals surface area contributed by atoms with Crippen LogP contribution in [0.2, 0.25) is 0 Å². The Balaban J connectivity index is 1.98. The van der Waals surface area contributed by atoms with Gasteiger partial charge in [0.15, 0.2) is 6.10 Å². The van der Waals surface area contributed by atoms with Crippen LogP contribution in [0.3, 0.4) is 0 Å². The van der Waals surface area contributed by atoms with Gasteiger partial charge in [-0.2, -0.15) is 0 Å². The average molecular weight is 324 g/mol. The third-order valence-corrected chi connectivity index (χ3v) is 4.66. The molecule has 4 nitrogen and oxygen atoms in total. The molecule has 0 saturated heterocycles. The topological polar surface area (TPSA) is 55.6 Å². The molecule has 0 fully saturated rings. The summed E-state index contributed by atoms with van der Waals surface area (Å²) in [4.78, 5) is 14.8. The second kappa shape index (κ2) is 6.19. The normalized spacial score (nSPS) is 17.0. The van der Waals surface area contributed by atoms with Crippen molar-refractivity contribution in [3.63, 3.8) is 0 Å². The van der Waals surface area contributed by atoms with E-state index in [0.717, 1.165) is 11.3 Å². The first-order valence-electron chi connectivity index (χ1n) is 8.33. The number of hydrogen-bond acceptors (Lipinski definition) is 3. The predicted octanol–water partition coefficient (Wildman–Crippen LogP) is 3.63. The van der Waals surface area contributed by atoms with Gasteiger partial charge in [0, 0.05) is 24.2 Å². The number of fused-ring (bicyclic) bond motifs is 1. The summed E-state index contributed by atoms with van der Waals surface area (Å²) in [7, 11) is 0. The predicted molar refractivity (Wildman–Crippen MR) is 97.5 cm³/mol. The maximum atomic E-state index is 13.0. The van der Waals surface area contributed by atoms with Crippen molar-refractivity contribution >= 4 is 17.3 Å². The van der Waals surface area contributed by atoms with Crippen LogP contribution in [0, 0.1) is 13.8 Å². The van der Waals surface area contributed by atoms with E-state index in [4.69, 9.17) is 10.5 Å². The summed E-state index contributed by atoms with van der Waals surface area (Å²) in [5.41, 5.74) is 10.9. The van der Waals surface area contributed by atoms with E-state index in [0.29, 0.717) is 17.9 Å². The molecule has 1 aliphatic heterocycles. The zero-order chi connectivity index (χ0) is 17.4. The van der Waals surface area contributed by atoms with Crippen molar-refractivity contribution in [2.45, 2.75) is 46.3 Å². The summed E-state index contributed by atoms with van der Waals surface area (Å²) in [5, 5.41) is 0. The van der Waals surface area contributed by atoms with Crippen molar-refractivity contribution in [1.29, 1.82) is 0 Å². The molecule has 2 N–H and O–H groups in total. The van der Waals surface area contributed by atoms with Crippen molar-refractivity contribution in [3.8, 4) is 5.75 Å². The molecule has 1 amide bonds. The number of anilines is 2. The lowest BCUT2D eigenvalue weighted by Gasteiger charge is -2.37. The Morgan fingerprint density at radius 1 is 1.21 bits per heavy atom. The van der Waals surface area contributed by atoms with Crippen LogP contribution >= 0.6 is 0 Å². The van der Waals surface area contributed by atoms with Gasteiger partial charge in [-0.05, 0) is 56.5 Å². The number of carbonyl (C=O) groups is 1. The number of nitrogens with two attached hydrogens (primary N) is 1. The molecule has 1 heterocycles. The number of aryl methyl sites for hydroxylation is 1. The molecule has 0 saturated carbocycles. The molecule has 0 bridgehead atoms. The molecule has 2 aromatic carbocycles. The van der Waals surface area contributed by atoms with Gasteiger partial charge < -0.3 is 15.4 Å². The Labute approximate surface area is 143 Å². The Bertz CT molecular complexity index is 783. The highest BCUT2D eigenvalue weighted by molar-refractivity contribution is 6.01. The minimum Gasteiger partial charge on any atom is -0.478 e. The van der Waals surface area contributed by atoms with E-state index >= 15 is 0 Å². The fourth-order valence-corrected chi connectivity index (χ4v) is 3.20. The van der Waals surface area contributed by atoms with Crippen LogP contribution in [-0.2, 0) is 11.2 Å². The molecule has 3 rings (SSSR count). The van der Waals surface area contributed by atoms with E-state index in [9.17, 15) is 4.79 Å². The fraction of sp³-hybridized carbons (Fsp3) is 0.350. The maximum Gasteiger partial charge on any atom is 0.268 e. The molecule has 1 unspecified atom stereocenters. The van der Waals surface area contributed by atoms with Gasteiger partial charge in [-0.15, -0.1) is 0 Å². The summed E-state index contributed by atoms with van der Waals surface area (Å²) < 4.78 is 6.03. The van der Waals surface area contributed by atoms with Crippen LogP contribution in [0.25, 0.3) is 0 Å². The molecule has 0 aromatic heterocycles. The lowest BCUT2D eigenvalue weighted by Crippen LogP contribution is -2.50. The highest BCUT2D eigenvalue weighted by Gasteiger charge is 2.36. The van der Waals surface area contributed by atoms with E-state index in [1.165, 1.54) is 11.1 Å². The standard InChI is InChI=1S/C20H24N2O2/c1-12(2)22-17-9-8-16(21)11-18(17)24-19(20(22)23)10-15-7-5-6-13(3)14(15)4/h5-9,11-12,19H,10,21H2,1-4H3. The Morgan fingerprint density at radius 2 is 1.96 bits per heavy atom. The molecule has 1 aliphatic rings. The van der Waals surface area contributed by atoms with E-state index in [1.54, 1.807) is 12.1 Å². The second-order valence-electron chi connectivity index (χ2n) is 6.70. The van der Waals surface area contributed by atoms with Crippen molar-refractivity contribution in [1.82, 2.24) is 0 Å². The third-order valence-electron chi connectivity index (χ3n) is 4.66. The van der Waals surface area contributed by atoms with Gasteiger partial charge >= 0.3 is 0 Å². The third kappa shape index (κ3) is 2.84. The molecule has 0 aliphatic carbocycles. The number of nitrogen functional groups attached to an aromatic ring is 1. The lowest BCUT2D eigenvalue weighted by atomic mass is 9.97. The molecule has 4 heteroatoms. The van der Waals surface area contributed by atoms with Crippen LogP contribution in [0.5, 0.6) is 5.75 Å².